The van der Waals surface area contributed by atoms with Crippen LogP contribution >= 0.6 is 27.3 Å². The van der Waals surface area contributed by atoms with Crippen molar-refractivity contribution in [2.45, 2.75) is 37.4 Å². The van der Waals surface area contributed by atoms with E-state index in [9.17, 15) is 13.5 Å². The van der Waals surface area contributed by atoms with Crippen LogP contribution in [0.1, 0.15) is 27.2 Å². The van der Waals surface area contributed by atoms with Crippen molar-refractivity contribution < 1.29 is 13.5 Å². The van der Waals surface area contributed by atoms with Crippen LogP contribution in [-0.2, 0) is 10.0 Å². The Kier molecular flexibility index (Phi) is 6.46. The summed E-state index contributed by atoms with van der Waals surface area (Å²) < 4.78 is 28.0. The molecular weight excluding hydrogens is 350 g/mol. The number of aliphatic hydroxyl groups excluding tert-OH is 1. The minimum Gasteiger partial charge on any atom is -0.395 e. The number of hydrogen-bond donors (Lipinski definition) is 2. The highest BCUT2D eigenvalue weighted by Gasteiger charge is 2.25. The molecule has 0 unspecified atom stereocenters. The lowest BCUT2D eigenvalue weighted by molar-refractivity contribution is 0.208. The zero-order chi connectivity index (χ0) is 14.6. The number of aliphatic hydroxyl groups is 1. The third kappa shape index (κ3) is 5.15. The number of nitrogens with one attached hydrogen (secondary N) is 1. The maximum atomic E-state index is 12.2. The van der Waals surface area contributed by atoms with Gasteiger partial charge in [0.15, 0.2) is 0 Å². The van der Waals surface area contributed by atoms with E-state index in [1.54, 1.807) is 12.1 Å². The van der Waals surface area contributed by atoms with E-state index >= 15 is 0 Å². The second-order valence-electron chi connectivity index (χ2n) is 5.08. The molecule has 1 rings (SSSR count). The van der Waals surface area contributed by atoms with Gasteiger partial charge in [-0.25, -0.2) is 13.1 Å². The van der Waals surface area contributed by atoms with E-state index in [4.69, 9.17) is 0 Å². The van der Waals surface area contributed by atoms with Crippen LogP contribution < -0.4 is 4.72 Å². The van der Waals surface area contributed by atoms with Crippen molar-refractivity contribution in [2.24, 2.45) is 11.8 Å². The van der Waals surface area contributed by atoms with Gasteiger partial charge in [-0.15, -0.1) is 11.3 Å². The molecule has 0 radical (unpaired) electrons. The highest BCUT2D eigenvalue weighted by Crippen LogP contribution is 2.26. The number of halogens is 1. The summed E-state index contributed by atoms with van der Waals surface area (Å²) in [4.78, 5) is 0. The van der Waals surface area contributed by atoms with Crippen LogP contribution in [0, 0.1) is 11.8 Å². The Morgan fingerprint density at radius 1 is 1.37 bits per heavy atom. The molecule has 1 aromatic rings. The van der Waals surface area contributed by atoms with Gasteiger partial charge in [-0.2, -0.15) is 0 Å². The molecule has 0 spiro atoms. The fourth-order valence-corrected chi connectivity index (χ4v) is 5.30. The molecule has 19 heavy (non-hydrogen) atoms. The summed E-state index contributed by atoms with van der Waals surface area (Å²) in [5.41, 5.74) is 0. The van der Waals surface area contributed by atoms with E-state index in [0.29, 0.717) is 5.92 Å². The molecule has 1 aromatic heterocycles. The smallest absolute Gasteiger partial charge is 0.250 e. The van der Waals surface area contributed by atoms with E-state index in [2.05, 4.69) is 34.5 Å². The molecule has 7 heteroatoms. The summed E-state index contributed by atoms with van der Waals surface area (Å²) in [6, 6.07) is 2.80. The average molecular weight is 370 g/mol. The molecule has 2 N–H and O–H groups in total. The Balaban J connectivity index is 2.80. The zero-order valence-corrected chi connectivity index (χ0v) is 14.5. The van der Waals surface area contributed by atoms with Crippen LogP contribution in [0.25, 0.3) is 0 Å². The highest BCUT2D eigenvalue weighted by molar-refractivity contribution is 9.11. The van der Waals surface area contributed by atoms with E-state index in [1.807, 2.05) is 6.92 Å². The molecule has 0 aromatic carbocycles. The molecule has 1 heterocycles. The highest BCUT2D eigenvalue weighted by atomic mass is 79.9. The Morgan fingerprint density at radius 3 is 2.42 bits per heavy atom. The van der Waals surface area contributed by atoms with Gasteiger partial charge in [-0.05, 0) is 46.3 Å². The Hall–Kier alpha value is 0.0500. The monoisotopic (exact) mass is 369 g/mol. The maximum Gasteiger partial charge on any atom is 0.250 e. The molecule has 0 aliphatic rings. The molecule has 110 valence electrons. The largest absolute Gasteiger partial charge is 0.395 e. The fourth-order valence-electron chi connectivity index (χ4n) is 1.94. The second kappa shape index (κ2) is 7.17. The quantitative estimate of drug-likeness (QED) is 0.776. The number of rotatable bonds is 7. The van der Waals surface area contributed by atoms with Crippen molar-refractivity contribution in [3.05, 3.63) is 15.9 Å². The molecule has 0 aliphatic carbocycles. The zero-order valence-electron chi connectivity index (χ0n) is 11.3. The van der Waals surface area contributed by atoms with Crippen LogP contribution in [0.2, 0.25) is 0 Å². The van der Waals surface area contributed by atoms with Crippen molar-refractivity contribution in [3.8, 4) is 0 Å². The van der Waals surface area contributed by atoms with Gasteiger partial charge < -0.3 is 5.11 Å². The summed E-state index contributed by atoms with van der Waals surface area (Å²) in [6.45, 7) is 5.92. The van der Waals surface area contributed by atoms with E-state index < -0.39 is 16.1 Å². The molecule has 0 saturated carbocycles. The molecular formula is C12H20BrNO3S2. The van der Waals surface area contributed by atoms with Crippen molar-refractivity contribution in [2.75, 3.05) is 6.61 Å². The van der Waals surface area contributed by atoms with Gasteiger partial charge in [-0.1, -0.05) is 20.8 Å². The molecule has 2 atom stereocenters. The van der Waals surface area contributed by atoms with E-state index in [1.165, 1.54) is 0 Å². The fraction of sp³-hybridized carbons (Fsp3) is 0.667. The minimum absolute atomic E-state index is 0.0863. The van der Waals surface area contributed by atoms with E-state index in [0.717, 1.165) is 21.5 Å². The molecule has 0 bridgehead atoms. The van der Waals surface area contributed by atoms with Gasteiger partial charge in [0, 0.05) is 6.04 Å². The third-order valence-electron chi connectivity index (χ3n) is 2.85. The van der Waals surface area contributed by atoms with Crippen molar-refractivity contribution in [1.29, 1.82) is 0 Å². The molecule has 0 saturated heterocycles. The van der Waals surface area contributed by atoms with Crippen LogP contribution in [0.5, 0.6) is 0 Å². The summed E-state index contributed by atoms with van der Waals surface area (Å²) in [7, 11) is -3.55. The molecule has 4 nitrogen and oxygen atoms in total. The van der Waals surface area contributed by atoms with Crippen LogP contribution in [0.4, 0.5) is 0 Å². The van der Waals surface area contributed by atoms with Crippen molar-refractivity contribution >= 4 is 37.3 Å². The predicted octanol–water partition coefficient (Wildman–Crippen LogP) is 2.83. The summed E-state index contributed by atoms with van der Waals surface area (Å²) in [5.74, 6) is 0.549. The van der Waals surface area contributed by atoms with Gasteiger partial charge >= 0.3 is 0 Å². The van der Waals surface area contributed by atoms with Crippen molar-refractivity contribution in [1.82, 2.24) is 4.72 Å². The second-order valence-corrected chi connectivity index (χ2v) is 9.48. The maximum absolute atomic E-state index is 12.2. The van der Waals surface area contributed by atoms with Crippen molar-refractivity contribution in [3.63, 3.8) is 0 Å². The first-order valence-electron chi connectivity index (χ1n) is 6.14. The van der Waals surface area contributed by atoms with E-state index in [-0.39, 0.29) is 16.7 Å². The normalized spacial score (nSPS) is 15.7. The number of hydrogen-bond acceptors (Lipinski definition) is 4. The van der Waals surface area contributed by atoms with Crippen LogP contribution in [-0.4, -0.2) is 26.2 Å². The lowest BCUT2D eigenvalue weighted by Crippen LogP contribution is -2.42. The Morgan fingerprint density at radius 2 is 2.00 bits per heavy atom. The topological polar surface area (TPSA) is 66.4 Å². The lowest BCUT2D eigenvalue weighted by atomic mass is 9.93. The predicted molar refractivity (Wildman–Crippen MR) is 81.8 cm³/mol. The summed E-state index contributed by atoms with van der Waals surface area (Å²) in [6.07, 6.45) is 0.863. The Bertz CT molecular complexity index is 499. The number of thiophene rings is 1. The summed E-state index contributed by atoms with van der Waals surface area (Å²) >= 11 is 4.40. The lowest BCUT2D eigenvalue weighted by Gasteiger charge is -2.24. The molecule has 0 amide bonds. The first-order valence-corrected chi connectivity index (χ1v) is 9.24. The van der Waals surface area contributed by atoms with Gasteiger partial charge in [0.2, 0.25) is 10.0 Å². The molecule has 0 fully saturated rings. The first-order chi connectivity index (χ1) is 8.76. The molecule has 0 aliphatic heterocycles. The van der Waals surface area contributed by atoms with Gasteiger partial charge in [-0.3, -0.25) is 0 Å². The van der Waals surface area contributed by atoms with Gasteiger partial charge in [0.1, 0.15) is 4.21 Å². The average Bonchev–Trinajstić information content (AvgIpc) is 2.72. The SMILES string of the molecule is CC(C)C[C@@H](C)[C@@H](CO)NS(=O)(=O)c1ccc(Br)s1. The number of sulfonamides is 1. The standard InChI is InChI=1S/C12H20BrNO3S2/c1-8(2)6-9(3)10(7-15)14-19(16,17)12-5-4-11(13)18-12/h4-5,8-10,14-15H,6-7H2,1-3H3/t9-,10-/m1/s1. The van der Waals surface area contributed by atoms with Crippen LogP contribution in [0.3, 0.4) is 0 Å². The van der Waals surface area contributed by atoms with Gasteiger partial charge in [0.05, 0.1) is 10.4 Å². The Labute approximate surface area is 127 Å². The minimum atomic E-state index is -3.55. The third-order valence-corrected chi connectivity index (χ3v) is 6.45. The van der Waals surface area contributed by atoms with Gasteiger partial charge in [0.25, 0.3) is 0 Å². The first kappa shape index (κ1) is 17.1. The summed E-state index contributed by atoms with van der Waals surface area (Å²) in [5, 5.41) is 9.39. The van der Waals surface area contributed by atoms with Crippen LogP contribution in [0.15, 0.2) is 20.1 Å².